The van der Waals surface area contributed by atoms with Gasteiger partial charge in [-0.15, -0.1) is 0 Å². The van der Waals surface area contributed by atoms with Gasteiger partial charge in [0.15, 0.2) is 17.5 Å². The van der Waals surface area contributed by atoms with Crippen LogP contribution >= 0.6 is 0 Å². The predicted molar refractivity (Wildman–Crippen MR) is 98.6 cm³/mol. The molecule has 1 rings (SSSR count). The molecule has 1 atom stereocenters. The van der Waals surface area contributed by atoms with E-state index in [0.717, 1.165) is 12.1 Å². The Morgan fingerprint density at radius 1 is 1.28 bits per heavy atom. The lowest BCUT2D eigenvalue weighted by atomic mass is 10.3. The number of nitrogens with zero attached hydrogens (tertiary/aromatic N) is 1. The smallest absolute Gasteiger partial charge is 0.191 e. The van der Waals surface area contributed by atoms with E-state index in [9.17, 15) is 13.0 Å². The summed E-state index contributed by atoms with van der Waals surface area (Å²) in [5.41, 5.74) is 0. The van der Waals surface area contributed by atoms with Gasteiger partial charge in [0.05, 0.1) is 13.1 Å². The molecule has 0 aromatic heterocycles. The van der Waals surface area contributed by atoms with Crippen LogP contribution in [0, 0.1) is 11.6 Å². The zero-order valence-electron chi connectivity index (χ0n) is 15.2. The van der Waals surface area contributed by atoms with E-state index < -0.39 is 22.4 Å². The number of benzene rings is 1. The summed E-state index contributed by atoms with van der Waals surface area (Å²) >= 11 is 0. The van der Waals surface area contributed by atoms with E-state index in [1.54, 1.807) is 0 Å². The van der Waals surface area contributed by atoms with E-state index in [4.69, 9.17) is 4.74 Å². The summed E-state index contributed by atoms with van der Waals surface area (Å²) in [5, 5.41) is 6.13. The van der Waals surface area contributed by atoms with Crippen LogP contribution in [0.15, 0.2) is 23.2 Å². The highest BCUT2D eigenvalue weighted by molar-refractivity contribution is 7.86. The molecule has 0 fully saturated rings. The number of hydrogen-bond acceptors (Lipinski definition) is 3. The van der Waals surface area contributed by atoms with Crippen molar-refractivity contribution in [1.29, 1.82) is 0 Å². The molecule has 0 bridgehead atoms. The fraction of sp³-hybridized carbons (Fsp3) is 0.588. The van der Waals surface area contributed by atoms with Crippen LogP contribution in [-0.2, 0) is 10.8 Å². The molecule has 0 heterocycles. The van der Waals surface area contributed by atoms with E-state index in [2.05, 4.69) is 15.6 Å². The molecule has 0 spiro atoms. The summed E-state index contributed by atoms with van der Waals surface area (Å²) in [6.07, 6.45) is 0. The van der Waals surface area contributed by atoms with Gasteiger partial charge in [-0.3, -0.25) is 9.20 Å². The molecule has 25 heavy (non-hydrogen) atoms. The minimum Gasteiger partial charge on any atom is -0.489 e. The number of hydrogen-bond donors (Lipinski definition) is 2. The Labute approximate surface area is 150 Å². The normalized spacial score (nSPS) is 13.4. The third-order valence-electron chi connectivity index (χ3n) is 3.12. The van der Waals surface area contributed by atoms with Crippen LogP contribution in [0.25, 0.3) is 0 Å². The van der Waals surface area contributed by atoms with Crippen molar-refractivity contribution in [2.24, 2.45) is 4.99 Å². The van der Waals surface area contributed by atoms with Gasteiger partial charge in [0, 0.05) is 33.9 Å². The highest BCUT2D eigenvalue weighted by Crippen LogP contribution is 2.17. The third kappa shape index (κ3) is 8.29. The first-order chi connectivity index (χ1) is 11.7. The summed E-state index contributed by atoms with van der Waals surface area (Å²) < 4.78 is 43.3. The molecule has 0 saturated carbocycles. The van der Waals surface area contributed by atoms with Crippen LogP contribution in [0.4, 0.5) is 8.78 Å². The fourth-order valence-corrected chi connectivity index (χ4v) is 2.68. The molecule has 8 heteroatoms. The first-order valence-corrected chi connectivity index (χ1v) is 9.54. The second-order valence-electron chi connectivity index (χ2n) is 6.27. The Morgan fingerprint density at radius 3 is 2.60 bits per heavy atom. The summed E-state index contributed by atoms with van der Waals surface area (Å²) in [6, 6.07) is 3.18. The Bertz CT molecular complexity index is 604. The first kappa shape index (κ1) is 21.3. The van der Waals surface area contributed by atoms with Crippen LogP contribution < -0.4 is 15.4 Å². The van der Waals surface area contributed by atoms with Crippen LogP contribution in [0.5, 0.6) is 5.75 Å². The van der Waals surface area contributed by atoms with E-state index >= 15 is 0 Å². The number of nitrogens with one attached hydrogen (secondary N) is 2. The molecular weight excluding hydrogens is 348 g/mol. The molecular formula is C17H27F2N3O2S. The van der Waals surface area contributed by atoms with Gasteiger partial charge in [-0.25, -0.2) is 8.78 Å². The molecule has 0 amide bonds. The van der Waals surface area contributed by atoms with Crippen molar-refractivity contribution in [3.63, 3.8) is 0 Å². The SMILES string of the molecule is CCNC(=NCCS(=O)C(C)(C)C)NCCOc1ccc(F)cc1F. The first-order valence-electron chi connectivity index (χ1n) is 8.22. The molecule has 0 aliphatic heterocycles. The van der Waals surface area contributed by atoms with E-state index in [-0.39, 0.29) is 17.1 Å². The van der Waals surface area contributed by atoms with Gasteiger partial charge in [-0.2, -0.15) is 0 Å². The van der Waals surface area contributed by atoms with Gasteiger partial charge in [0.1, 0.15) is 12.4 Å². The maximum atomic E-state index is 13.4. The molecule has 2 N–H and O–H groups in total. The average molecular weight is 375 g/mol. The Kier molecular flexibility index (Phi) is 8.82. The highest BCUT2D eigenvalue weighted by Gasteiger charge is 2.18. The molecule has 1 aromatic carbocycles. The van der Waals surface area contributed by atoms with E-state index in [1.165, 1.54) is 6.07 Å². The largest absolute Gasteiger partial charge is 0.489 e. The number of aliphatic imine (C=N–C) groups is 1. The number of ether oxygens (including phenoxy) is 1. The van der Waals surface area contributed by atoms with Crippen molar-refractivity contribution in [3.8, 4) is 5.75 Å². The maximum Gasteiger partial charge on any atom is 0.191 e. The third-order valence-corrected chi connectivity index (χ3v) is 5.04. The van der Waals surface area contributed by atoms with Crippen molar-refractivity contribution < 1.29 is 17.7 Å². The maximum absolute atomic E-state index is 13.4. The van der Waals surface area contributed by atoms with E-state index in [1.807, 2.05) is 27.7 Å². The summed E-state index contributed by atoms with van der Waals surface area (Å²) in [7, 11) is -0.954. The zero-order valence-corrected chi connectivity index (χ0v) is 16.0. The van der Waals surface area contributed by atoms with Gasteiger partial charge in [0.25, 0.3) is 0 Å². The Morgan fingerprint density at radius 2 is 2.00 bits per heavy atom. The second kappa shape index (κ2) is 10.3. The summed E-state index contributed by atoms with van der Waals surface area (Å²) in [6.45, 7) is 9.45. The van der Waals surface area contributed by atoms with Crippen molar-refractivity contribution in [3.05, 3.63) is 29.8 Å². The molecule has 0 saturated heterocycles. The quantitative estimate of drug-likeness (QED) is 0.416. The summed E-state index contributed by atoms with van der Waals surface area (Å²) in [4.78, 5) is 4.36. The topological polar surface area (TPSA) is 62.7 Å². The van der Waals surface area contributed by atoms with E-state index in [0.29, 0.717) is 31.3 Å². The van der Waals surface area contributed by atoms with Gasteiger partial charge in [0.2, 0.25) is 0 Å². The number of halogens is 2. The lowest BCUT2D eigenvalue weighted by Crippen LogP contribution is -2.39. The number of guanidine groups is 1. The Hall–Kier alpha value is -1.70. The molecule has 1 unspecified atom stereocenters. The molecule has 5 nitrogen and oxygen atoms in total. The van der Waals surface area contributed by atoms with Gasteiger partial charge in [-0.05, 0) is 39.8 Å². The monoisotopic (exact) mass is 375 g/mol. The highest BCUT2D eigenvalue weighted by atomic mass is 32.2. The predicted octanol–water partition coefficient (Wildman–Crippen LogP) is 2.45. The zero-order chi connectivity index (χ0) is 18.9. The molecule has 0 aliphatic carbocycles. The molecule has 1 aromatic rings. The standard InChI is InChI=1S/C17H27F2N3O2S/c1-5-20-16(22-9-11-25(23)17(2,3)4)21-8-10-24-15-7-6-13(18)12-14(15)19/h6-7,12H,5,8-11H2,1-4H3,(H2,20,21,22). The van der Waals surface area contributed by atoms with Crippen molar-refractivity contribution in [2.75, 3.05) is 32.0 Å². The molecule has 142 valence electrons. The second-order valence-corrected chi connectivity index (χ2v) is 8.60. The van der Waals surface area contributed by atoms with Gasteiger partial charge < -0.3 is 15.4 Å². The van der Waals surface area contributed by atoms with Crippen LogP contribution in [0.1, 0.15) is 27.7 Å². The van der Waals surface area contributed by atoms with Crippen molar-refractivity contribution >= 4 is 16.8 Å². The Balaban J connectivity index is 2.42. The summed E-state index contributed by atoms with van der Waals surface area (Å²) in [5.74, 6) is -0.304. The average Bonchev–Trinajstić information content (AvgIpc) is 2.52. The van der Waals surface area contributed by atoms with Crippen LogP contribution in [0.2, 0.25) is 0 Å². The van der Waals surface area contributed by atoms with Crippen LogP contribution in [-0.4, -0.2) is 46.9 Å². The minimum atomic E-state index is -0.954. The molecule has 0 radical (unpaired) electrons. The lowest BCUT2D eigenvalue weighted by Gasteiger charge is -2.17. The fourth-order valence-electron chi connectivity index (χ4n) is 1.81. The van der Waals surface area contributed by atoms with Gasteiger partial charge in [-0.1, -0.05) is 0 Å². The van der Waals surface area contributed by atoms with Crippen molar-refractivity contribution in [1.82, 2.24) is 10.6 Å². The van der Waals surface area contributed by atoms with Crippen LogP contribution in [0.3, 0.4) is 0 Å². The van der Waals surface area contributed by atoms with Crippen molar-refractivity contribution in [2.45, 2.75) is 32.4 Å². The molecule has 0 aliphatic rings. The number of rotatable bonds is 8. The lowest BCUT2D eigenvalue weighted by molar-refractivity contribution is 0.304. The minimum absolute atomic E-state index is 0.00529. The van der Waals surface area contributed by atoms with Gasteiger partial charge >= 0.3 is 0 Å².